The minimum absolute atomic E-state index is 0.0451. The number of rotatable bonds is 5. The summed E-state index contributed by atoms with van der Waals surface area (Å²) < 4.78 is 0. The summed E-state index contributed by atoms with van der Waals surface area (Å²) in [6.07, 6.45) is 3.76. The molecule has 2 amide bonds. The number of nitrogens with one attached hydrogen (secondary N) is 1. The molecule has 24 heavy (non-hydrogen) atoms. The third-order valence-corrected chi connectivity index (χ3v) is 4.30. The van der Waals surface area contributed by atoms with Crippen molar-refractivity contribution < 1.29 is 4.79 Å². The molecule has 0 aliphatic carbocycles. The summed E-state index contributed by atoms with van der Waals surface area (Å²) in [5, 5.41) is 3.03. The first-order valence-electron chi connectivity index (χ1n) is 8.55. The molecule has 1 saturated heterocycles. The van der Waals surface area contributed by atoms with Crippen LogP contribution in [-0.2, 0) is 6.42 Å². The van der Waals surface area contributed by atoms with Gasteiger partial charge in [0.1, 0.15) is 5.82 Å². The van der Waals surface area contributed by atoms with Crippen LogP contribution in [0.2, 0.25) is 0 Å². The van der Waals surface area contributed by atoms with Crippen LogP contribution < -0.4 is 10.2 Å². The molecule has 0 radical (unpaired) electrons. The molecule has 1 aromatic heterocycles. The van der Waals surface area contributed by atoms with Crippen molar-refractivity contribution in [3.63, 3.8) is 0 Å². The minimum Gasteiger partial charge on any atom is -0.353 e. The number of anilines is 1. The van der Waals surface area contributed by atoms with Crippen molar-refractivity contribution in [1.82, 2.24) is 15.2 Å². The van der Waals surface area contributed by atoms with Gasteiger partial charge in [-0.1, -0.05) is 36.4 Å². The Morgan fingerprint density at radius 3 is 2.46 bits per heavy atom. The summed E-state index contributed by atoms with van der Waals surface area (Å²) >= 11 is 0. The number of benzene rings is 1. The maximum Gasteiger partial charge on any atom is 0.317 e. The monoisotopic (exact) mass is 324 g/mol. The number of amides is 2. The van der Waals surface area contributed by atoms with Crippen LogP contribution in [0.4, 0.5) is 10.6 Å². The minimum atomic E-state index is 0.0451. The standard InChI is InChI=1S/C19H24N4O/c24-19(21-12-6-9-17-7-2-1-3-8-17)23-15-13-22(14-16-23)18-10-4-5-11-20-18/h1-5,7-8,10-11H,6,9,12-16H2,(H,21,24). The summed E-state index contributed by atoms with van der Waals surface area (Å²) in [5.74, 6) is 0.986. The van der Waals surface area contributed by atoms with Crippen LogP contribution in [0.15, 0.2) is 54.7 Å². The maximum absolute atomic E-state index is 12.2. The number of carbonyl (C=O) groups excluding carboxylic acids is 1. The van der Waals surface area contributed by atoms with Crippen molar-refractivity contribution in [3.05, 3.63) is 60.3 Å². The SMILES string of the molecule is O=C(NCCCc1ccccc1)N1CCN(c2ccccn2)CC1. The largest absolute Gasteiger partial charge is 0.353 e. The molecule has 0 spiro atoms. The van der Waals surface area contributed by atoms with Gasteiger partial charge in [-0.25, -0.2) is 9.78 Å². The molecule has 1 N–H and O–H groups in total. The second-order valence-corrected chi connectivity index (χ2v) is 5.98. The van der Waals surface area contributed by atoms with E-state index >= 15 is 0 Å². The summed E-state index contributed by atoms with van der Waals surface area (Å²) in [6.45, 7) is 3.85. The molecular weight excluding hydrogens is 300 g/mol. The second kappa shape index (κ2) is 8.34. The fourth-order valence-corrected chi connectivity index (χ4v) is 2.92. The van der Waals surface area contributed by atoms with Gasteiger partial charge >= 0.3 is 6.03 Å². The van der Waals surface area contributed by atoms with Gasteiger partial charge < -0.3 is 15.1 Å². The molecule has 1 aliphatic heterocycles. The number of carbonyl (C=O) groups is 1. The number of aromatic nitrogens is 1. The molecule has 0 atom stereocenters. The number of nitrogens with zero attached hydrogens (tertiary/aromatic N) is 3. The van der Waals surface area contributed by atoms with Crippen molar-refractivity contribution in [3.8, 4) is 0 Å². The van der Waals surface area contributed by atoms with Crippen LogP contribution in [0.3, 0.4) is 0 Å². The average Bonchev–Trinajstić information content (AvgIpc) is 2.67. The highest BCUT2D eigenvalue weighted by Crippen LogP contribution is 2.12. The Hall–Kier alpha value is -2.56. The van der Waals surface area contributed by atoms with Gasteiger partial charge in [0.25, 0.3) is 0 Å². The van der Waals surface area contributed by atoms with E-state index in [1.165, 1.54) is 5.56 Å². The van der Waals surface area contributed by atoms with E-state index in [9.17, 15) is 4.79 Å². The number of urea groups is 1. The second-order valence-electron chi connectivity index (χ2n) is 5.98. The molecule has 2 heterocycles. The smallest absolute Gasteiger partial charge is 0.317 e. The fraction of sp³-hybridized carbons (Fsp3) is 0.368. The van der Waals surface area contributed by atoms with Gasteiger partial charge in [0.2, 0.25) is 0 Å². The van der Waals surface area contributed by atoms with Gasteiger partial charge in [0.15, 0.2) is 0 Å². The fourth-order valence-electron chi connectivity index (χ4n) is 2.92. The van der Waals surface area contributed by atoms with E-state index in [0.717, 1.165) is 44.8 Å². The van der Waals surface area contributed by atoms with Crippen molar-refractivity contribution in [2.24, 2.45) is 0 Å². The zero-order valence-electron chi connectivity index (χ0n) is 13.9. The van der Waals surface area contributed by atoms with E-state index in [-0.39, 0.29) is 6.03 Å². The third-order valence-electron chi connectivity index (χ3n) is 4.30. The molecular formula is C19H24N4O. The van der Waals surface area contributed by atoms with Gasteiger partial charge in [-0.15, -0.1) is 0 Å². The van der Waals surface area contributed by atoms with Crippen LogP contribution in [0.1, 0.15) is 12.0 Å². The molecule has 3 rings (SSSR count). The summed E-state index contributed by atoms with van der Waals surface area (Å²) in [6, 6.07) is 16.3. The van der Waals surface area contributed by atoms with E-state index in [1.807, 2.05) is 29.2 Å². The zero-order valence-corrected chi connectivity index (χ0v) is 13.9. The number of hydrogen-bond acceptors (Lipinski definition) is 3. The van der Waals surface area contributed by atoms with Crippen LogP contribution in [-0.4, -0.2) is 48.6 Å². The van der Waals surface area contributed by atoms with Gasteiger partial charge in [0.05, 0.1) is 0 Å². The normalized spacial score (nSPS) is 14.5. The number of hydrogen-bond donors (Lipinski definition) is 1. The molecule has 0 bridgehead atoms. The molecule has 5 heteroatoms. The van der Waals surface area contributed by atoms with E-state index < -0.39 is 0 Å². The first-order valence-corrected chi connectivity index (χ1v) is 8.55. The maximum atomic E-state index is 12.2. The molecule has 1 fully saturated rings. The van der Waals surface area contributed by atoms with Crippen LogP contribution in [0.5, 0.6) is 0 Å². The average molecular weight is 324 g/mol. The van der Waals surface area contributed by atoms with E-state index in [2.05, 4.69) is 39.5 Å². The Labute approximate surface area is 143 Å². The van der Waals surface area contributed by atoms with Gasteiger partial charge in [-0.05, 0) is 30.5 Å². The van der Waals surface area contributed by atoms with E-state index in [0.29, 0.717) is 6.54 Å². The Morgan fingerprint density at radius 1 is 1.00 bits per heavy atom. The predicted molar refractivity (Wildman–Crippen MR) is 96.2 cm³/mol. The van der Waals surface area contributed by atoms with Crippen molar-refractivity contribution in [1.29, 1.82) is 0 Å². The lowest BCUT2D eigenvalue weighted by atomic mass is 10.1. The summed E-state index contributed by atoms with van der Waals surface area (Å²) in [4.78, 5) is 20.7. The molecule has 0 unspecified atom stereocenters. The first-order chi connectivity index (χ1) is 11.8. The summed E-state index contributed by atoms with van der Waals surface area (Å²) in [5.41, 5.74) is 1.32. The lowest BCUT2D eigenvalue weighted by Gasteiger charge is -2.35. The molecule has 5 nitrogen and oxygen atoms in total. The van der Waals surface area contributed by atoms with Crippen LogP contribution >= 0.6 is 0 Å². The highest BCUT2D eigenvalue weighted by atomic mass is 16.2. The Balaban J connectivity index is 1.36. The highest BCUT2D eigenvalue weighted by Gasteiger charge is 2.21. The van der Waals surface area contributed by atoms with Gasteiger partial charge in [-0.2, -0.15) is 0 Å². The van der Waals surface area contributed by atoms with Crippen LogP contribution in [0, 0.1) is 0 Å². The lowest BCUT2D eigenvalue weighted by Crippen LogP contribution is -2.52. The molecule has 0 saturated carbocycles. The Bertz CT molecular complexity index is 624. The predicted octanol–water partition coefficient (Wildman–Crippen LogP) is 2.55. The number of pyridine rings is 1. The third kappa shape index (κ3) is 4.47. The molecule has 126 valence electrons. The van der Waals surface area contributed by atoms with E-state index in [4.69, 9.17) is 0 Å². The Kier molecular flexibility index (Phi) is 5.66. The summed E-state index contributed by atoms with van der Waals surface area (Å²) in [7, 11) is 0. The molecule has 1 aromatic carbocycles. The quantitative estimate of drug-likeness (QED) is 0.860. The lowest BCUT2D eigenvalue weighted by molar-refractivity contribution is 0.194. The molecule has 2 aromatic rings. The number of aryl methyl sites for hydroxylation is 1. The Morgan fingerprint density at radius 2 is 1.75 bits per heavy atom. The highest BCUT2D eigenvalue weighted by molar-refractivity contribution is 5.74. The van der Waals surface area contributed by atoms with Crippen molar-refractivity contribution in [2.45, 2.75) is 12.8 Å². The van der Waals surface area contributed by atoms with Crippen molar-refractivity contribution in [2.75, 3.05) is 37.6 Å². The zero-order chi connectivity index (χ0) is 16.6. The number of piperazine rings is 1. The van der Waals surface area contributed by atoms with Gasteiger partial charge in [-0.3, -0.25) is 0 Å². The first kappa shape index (κ1) is 16.3. The van der Waals surface area contributed by atoms with Gasteiger partial charge in [0, 0.05) is 38.9 Å². The van der Waals surface area contributed by atoms with E-state index in [1.54, 1.807) is 6.20 Å². The van der Waals surface area contributed by atoms with Crippen molar-refractivity contribution >= 4 is 11.8 Å². The molecule has 1 aliphatic rings. The van der Waals surface area contributed by atoms with Crippen LogP contribution in [0.25, 0.3) is 0 Å². The topological polar surface area (TPSA) is 48.5 Å².